The number of amides is 1. The molecule has 0 spiro atoms. The predicted octanol–water partition coefficient (Wildman–Crippen LogP) is 7.19. The Morgan fingerprint density at radius 3 is 2.51 bits per heavy atom. The van der Waals surface area contributed by atoms with Crippen molar-refractivity contribution in [1.82, 2.24) is 4.98 Å². The predicted molar refractivity (Wildman–Crippen MR) is 158 cm³/mol. The third-order valence-electron chi connectivity index (χ3n) is 6.84. The number of carbonyl (C=O) groups is 2. The van der Waals surface area contributed by atoms with Gasteiger partial charge in [-0.05, 0) is 85.8 Å². The fourth-order valence-corrected chi connectivity index (χ4v) is 5.81. The van der Waals surface area contributed by atoms with Crippen LogP contribution < -0.4 is 14.4 Å². The molecule has 1 saturated heterocycles. The fourth-order valence-electron chi connectivity index (χ4n) is 4.72. The highest BCUT2D eigenvalue weighted by Gasteiger charge is 2.48. The zero-order valence-corrected chi connectivity index (χ0v) is 24.1. The number of ether oxygens (including phenoxy) is 2. The lowest BCUT2D eigenvalue weighted by Gasteiger charge is -2.24. The molecule has 1 aliphatic rings. The van der Waals surface area contributed by atoms with Gasteiger partial charge >= 0.3 is 5.91 Å². The number of aryl methyl sites for hydroxylation is 1. The summed E-state index contributed by atoms with van der Waals surface area (Å²) < 4.78 is 26.4. The molecule has 7 nitrogen and oxygen atoms in total. The van der Waals surface area contributed by atoms with Crippen molar-refractivity contribution in [1.29, 1.82) is 0 Å². The second kappa shape index (κ2) is 11.7. The van der Waals surface area contributed by atoms with E-state index in [9.17, 15) is 19.1 Å². The van der Waals surface area contributed by atoms with E-state index in [1.54, 1.807) is 18.2 Å². The first-order valence-electron chi connectivity index (χ1n) is 13.5. The summed E-state index contributed by atoms with van der Waals surface area (Å²) in [5.41, 5.74) is 2.36. The molecule has 1 amide bonds. The normalized spacial score (nSPS) is 16.6. The Bertz CT molecular complexity index is 1640. The molecular weight excluding hydrogens is 543 g/mol. The maximum absolute atomic E-state index is 13.6. The van der Waals surface area contributed by atoms with Gasteiger partial charge in [0.05, 0.1) is 35.0 Å². The summed E-state index contributed by atoms with van der Waals surface area (Å²) in [4.78, 5) is 33.1. The largest absolute Gasteiger partial charge is 0.507 e. The Balaban J connectivity index is 1.67. The second-order valence-electron chi connectivity index (χ2n) is 10.3. The molecule has 0 bridgehead atoms. The molecule has 1 unspecified atom stereocenters. The van der Waals surface area contributed by atoms with Crippen molar-refractivity contribution in [3.05, 3.63) is 88.7 Å². The Hall–Kier alpha value is -4.24. The van der Waals surface area contributed by atoms with Crippen molar-refractivity contribution >= 4 is 44.1 Å². The van der Waals surface area contributed by atoms with Crippen LogP contribution in [0.1, 0.15) is 49.9 Å². The van der Waals surface area contributed by atoms with Crippen molar-refractivity contribution < 1.29 is 28.6 Å². The Labute approximate surface area is 241 Å². The molecule has 1 aliphatic heterocycles. The van der Waals surface area contributed by atoms with E-state index in [0.29, 0.717) is 46.8 Å². The molecule has 2 heterocycles. The molecule has 9 heteroatoms. The number of halogens is 1. The van der Waals surface area contributed by atoms with Gasteiger partial charge in [0.1, 0.15) is 11.6 Å². The van der Waals surface area contributed by atoms with E-state index in [2.05, 4.69) is 18.8 Å². The number of nitrogens with zero attached hydrogens (tertiary/aromatic N) is 2. The van der Waals surface area contributed by atoms with Crippen LogP contribution in [-0.2, 0) is 9.59 Å². The topological polar surface area (TPSA) is 89.0 Å². The van der Waals surface area contributed by atoms with Crippen LogP contribution >= 0.6 is 11.3 Å². The summed E-state index contributed by atoms with van der Waals surface area (Å²) in [6.45, 7) is 8.93. The quantitative estimate of drug-likeness (QED) is 0.129. The minimum atomic E-state index is -1.01. The third-order valence-corrected chi connectivity index (χ3v) is 7.85. The number of aliphatic hydroxyl groups is 1. The van der Waals surface area contributed by atoms with Gasteiger partial charge in [-0.15, -0.1) is 0 Å². The van der Waals surface area contributed by atoms with Crippen LogP contribution in [0.15, 0.2) is 66.2 Å². The average Bonchev–Trinajstić information content (AvgIpc) is 3.47. The lowest BCUT2D eigenvalue weighted by Crippen LogP contribution is -2.29. The van der Waals surface area contributed by atoms with Crippen LogP contribution in [0, 0.1) is 18.7 Å². The van der Waals surface area contributed by atoms with Gasteiger partial charge in [-0.25, -0.2) is 9.37 Å². The maximum atomic E-state index is 13.6. The van der Waals surface area contributed by atoms with Crippen LogP contribution in [0.5, 0.6) is 11.5 Å². The first-order chi connectivity index (χ1) is 19.7. The Kier molecular flexibility index (Phi) is 8.08. The molecule has 1 atom stereocenters. The zero-order valence-electron chi connectivity index (χ0n) is 23.3. The molecule has 212 valence electrons. The van der Waals surface area contributed by atoms with Gasteiger partial charge in [-0.2, -0.15) is 0 Å². The molecule has 1 fully saturated rings. The molecule has 0 radical (unpaired) electrons. The average molecular weight is 575 g/mol. The van der Waals surface area contributed by atoms with Crippen molar-refractivity contribution in [2.45, 2.75) is 40.2 Å². The molecule has 3 aromatic carbocycles. The summed E-state index contributed by atoms with van der Waals surface area (Å²) in [5.74, 6) is -1.09. The van der Waals surface area contributed by atoms with Crippen molar-refractivity contribution in [2.24, 2.45) is 5.92 Å². The van der Waals surface area contributed by atoms with Gasteiger partial charge in [-0.3, -0.25) is 14.5 Å². The minimum Gasteiger partial charge on any atom is -0.507 e. The molecule has 0 saturated carbocycles. The van der Waals surface area contributed by atoms with E-state index in [1.165, 1.54) is 40.5 Å². The Morgan fingerprint density at radius 1 is 1.05 bits per heavy atom. The number of hydrogen-bond acceptors (Lipinski definition) is 7. The lowest BCUT2D eigenvalue weighted by molar-refractivity contribution is -0.132. The second-order valence-corrected chi connectivity index (χ2v) is 11.3. The summed E-state index contributed by atoms with van der Waals surface area (Å²) in [6.07, 6.45) is 0.863. The van der Waals surface area contributed by atoms with Gasteiger partial charge in [0, 0.05) is 5.56 Å². The smallest absolute Gasteiger partial charge is 0.301 e. The number of thiazole rings is 1. The molecular formula is C32H31FN2O5S. The number of anilines is 1. The van der Waals surface area contributed by atoms with E-state index in [4.69, 9.17) is 9.47 Å². The molecule has 1 N–H and O–H groups in total. The maximum Gasteiger partial charge on any atom is 0.301 e. The van der Waals surface area contributed by atoms with Crippen molar-refractivity contribution in [3.63, 3.8) is 0 Å². The molecule has 4 aromatic rings. The number of aliphatic hydroxyl groups excluding tert-OH is 1. The van der Waals surface area contributed by atoms with Crippen LogP contribution in [0.4, 0.5) is 9.52 Å². The van der Waals surface area contributed by atoms with Crippen molar-refractivity contribution in [3.8, 4) is 11.5 Å². The zero-order chi connectivity index (χ0) is 29.3. The number of hydrogen-bond donors (Lipinski definition) is 1. The first-order valence-corrected chi connectivity index (χ1v) is 14.3. The van der Waals surface area contributed by atoms with Gasteiger partial charge in [-0.1, -0.05) is 37.3 Å². The number of ketones is 1. The van der Waals surface area contributed by atoms with Crippen LogP contribution in [0.3, 0.4) is 0 Å². The SMILES string of the molecule is CCOc1cc(C2C(=C(O)c3ccc(F)cc3)C(=O)C(=O)N2c2nc3ccc(C)cc3s2)ccc1OCCC(C)C. The first kappa shape index (κ1) is 28.3. The van der Waals surface area contributed by atoms with Crippen molar-refractivity contribution in [2.75, 3.05) is 18.1 Å². The standard InChI is InChI=1S/C32H31FN2O5S/c1-5-39-25-17-21(9-13-24(25)40-15-14-18(2)3)28-27(29(36)20-7-10-22(33)11-8-20)30(37)31(38)35(28)32-34-23-12-6-19(4)16-26(23)41-32/h6-13,16-18,28,36H,5,14-15H2,1-4H3. The van der Waals surface area contributed by atoms with E-state index in [0.717, 1.165) is 16.7 Å². The van der Waals surface area contributed by atoms with Gasteiger partial charge < -0.3 is 14.6 Å². The number of Topliss-reactive ketones (excluding diaryl/α,β-unsaturated/α-hetero) is 1. The number of aromatic nitrogens is 1. The summed E-state index contributed by atoms with van der Waals surface area (Å²) in [5, 5.41) is 11.7. The molecule has 1 aromatic heterocycles. The van der Waals surface area contributed by atoms with E-state index in [-0.39, 0.29) is 11.1 Å². The van der Waals surface area contributed by atoms with Gasteiger partial charge in [0.15, 0.2) is 16.6 Å². The van der Waals surface area contributed by atoms with Crippen LogP contribution in [-0.4, -0.2) is 35.0 Å². The number of benzene rings is 3. The number of carbonyl (C=O) groups excluding carboxylic acids is 2. The fraction of sp³-hybridized carbons (Fsp3) is 0.281. The monoisotopic (exact) mass is 574 g/mol. The third kappa shape index (κ3) is 5.67. The van der Waals surface area contributed by atoms with E-state index < -0.39 is 29.3 Å². The highest BCUT2D eigenvalue weighted by Crippen LogP contribution is 2.46. The van der Waals surface area contributed by atoms with Crippen LogP contribution in [0.2, 0.25) is 0 Å². The highest BCUT2D eigenvalue weighted by molar-refractivity contribution is 7.22. The van der Waals surface area contributed by atoms with E-state index in [1.807, 2.05) is 32.0 Å². The van der Waals surface area contributed by atoms with E-state index >= 15 is 0 Å². The molecule has 5 rings (SSSR count). The Morgan fingerprint density at radius 2 is 1.80 bits per heavy atom. The lowest BCUT2D eigenvalue weighted by atomic mass is 9.95. The van der Waals surface area contributed by atoms with Crippen LogP contribution in [0.25, 0.3) is 16.0 Å². The highest BCUT2D eigenvalue weighted by atomic mass is 32.1. The summed E-state index contributed by atoms with van der Waals surface area (Å²) in [6, 6.07) is 15.1. The van der Waals surface area contributed by atoms with Gasteiger partial charge in [0.2, 0.25) is 0 Å². The minimum absolute atomic E-state index is 0.118. The number of rotatable bonds is 9. The van der Waals surface area contributed by atoms with Gasteiger partial charge in [0.25, 0.3) is 5.78 Å². The number of fused-ring (bicyclic) bond motifs is 1. The molecule has 0 aliphatic carbocycles. The summed E-state index contributed by atoms with van der Waals surface area (Å²) >= 11 is 1.29. The summed E-state index contributed by atoms with van der Waals surface area (Å²) in [7, 11) is 0. The molecule has 41 heavy (non-hydrogen) atoms.